The fourth-order valence-corrected chi connectivity index (χ4v) is 4.10. The number of aliphatic hydroxyl groups excluding tert-OH is 1. The van der Waals surface area contributed by atoms with E-state index in [1.54, 1.807) is 0 Å². The summed E-state index contributed by atoms with van der Waals surface area (Å²) in [6, 6.07) is 0.998. The van der Waals surface area contributed by atoms with Gasteiger partial charge in [0.05, 0.1) is 6.61 Å². The molecule has 2 saturated carbocycles. The summed E-state index contributed by atoms with van der Waals surface area (Å²) in [5, 5.41) is 13.1. The SMILES string of the molecule is CCC(CO)NC1CCCCC1C1CCCCC1. The van der Waals surface area contributed by atoms with Crippen LogP contribution in [0.15, 0.2) is 0 Å². The molecule has 0 heterocycles. The van der Waals surface area contributed by atoms with Crippen LogP contribution in [0.3, 0.4) is 0 Å². The van der Waals surface area contributed by atoms with Gasteiger partial charge in [0, 0.05) is 12.1 Å². The number of hydrogen-bond acceptors (Lipinski definition) is 2. The zero-order chi connectivity index (χ0) is 12.8. The summed E-state index contributed by atoms with van der Waals surface area (Å²) in [7, 11) is 0. The molecule has 0 aromatic heterocycles. The molecule has 2 aliphatic carbocycles. The van der Waals surface area contributed by atoms with E-state index in [2.05, 4.69) is 12.2 Å². The molecule has 2 aliphatic rings. The van der Waals surface area contributed by atoms with Crippen molar-refractivity contribution in [1.82, 2.24) is 5.32 Å². The molecular formula is C16H31NO. The number of nitrogens with one attached hydrogen (secondary N) is 1. The van der Waals surface area contributed by atoms with Crippen LogP contribution in [0.4, 0.5) is 0 Å². The maximum absolute atomic E-state index is 9.39. The molecule has 2 N–H and O–H groups in total. The molecule has 0 aliphatic heterocycles. The van der Waals surface area contributed by atoms with Crippen LogP contribution < -0.4 is 5.32 Å². The smallest absolute Gasteiger partial charge is 0.0584 e. The van der Waals surface area contributed by atoms with Crippen molar-refractivity contribution in [3.05, 3.63) is 0 Å². The van der Waals surface area contributed by atoms with Gasteiger partial charge in [-0.25, -0.2) is 0 Å². The zero-order valence-corrected chi connectivity index (χ0v) is 12.0. The molecule has 2 nitrogen and oxygen atoms in total. The van der Waals surface area contributed by atoms with E-state index in [1.807, 2.05) is 0 Å². The lowest BCUT2D eigenvalue weighted by atomic mass is 9.71. The number of aliphatic hydroxyl groups is 1. The van der Waals surface area contributed by atoms with E-state index in [4.69, 9.17) is 0 Å². The molecule has 0 saturated heterocycles. The summed E-state index contributed by atoms with van der Waals surface area (Å²) < 4.78 is 0. The van der Waals surface area contributed by atoms with E-state index in [0.29, 0.717) is 18.7 Å². The second kappa shape index (κ2) is 7.49. The summed E-state index contributed by atoms with van der Waals surface area (Å²) in [6.45, 7) is 2.47. The minimum Gasteiger partial charge on any atom is -0.395 e. The van der Waals surface area contributed by atoms with Crippen molar-refractivity contribution < 1.29 is 5.11 Å². The molecule has 0 amide bonds. The molecule has 2 heteroatoms. The van der Waals surface area contributed by atoms with Crippen LogP contribution in [0.5, 0.6) is 0 Å². The second-order valence-corrected chi connectivity index (χ2v) is 6.41. The lowest BCUT2D eigenvalue weighted by molar-refractivity contribution is 0.127. The summed E-state index contributed by atoms with van der Waals surface area (Å²) >= 11 is 0. The Morgan fingerprint density at radius 1 is 1.00 bits per heavy atom. The largest absolute Gasteiger partial charge is 0.395 e. The van der Waals surface area contributed by atoms with Crippen molar-refractivity contribution in [2.24, 2.45) is 11.8 Å². The van der Waals surface area contributed by atoms with Crippen molar-refractivity contribution in [2.45, 2.75) is 83.2 Å². The van der Waals surface area contributed by atoms with Crippen LogP contribution in [0.1, 0.15) is 71.1 Å². The third-order valence-corrected chi connectivity index (χ3v) is 5.24. The van der Waals surface area contributed by atoms with Gasteiger partial charge in [0.15, 0.2) is 0 Å². The molecule has 3 unspecified atom stereocenters. The molecule has 3 atom stereocenters. The molecule has 0 bridgehead atoms. The molecule has 106 valence electrons. The van der Waals surface area contributed by atoms with Gasteiger partial charge < -0.3 is 10.4 Å². The Morgan fingerprint density at radius 2 is 1.67 bits per heavy atom. The van der Waals surface area contributed by atoms with Crippen molar-refractivity contribution in [3.63, 3.8) is 0 Å². The molecule has 2 rings (SSSR count). The van der Waals surface area contributed by atoms with Gasteiger partial charge in [0.2, 0.25) is 0 Å². The highest BCUT2D eigenvalue weighted by Gasteiger charge is 2.33. The van der Waals surface area contributed by atoms with Gasteiger partial charge in [-0.3, -0.25) is 0 Å². The van der Waals surface area contributed by atoms with Crippen LogP contribution in [-0.4, -0.2) is 23.8 Å². The summed E-state index contributed by atoms with van der Waals surface area (Å²) in [5.41, 5.74) is 0. The topological polar surface area (TPSA) is 32.3 Å². The second-order valence-electron chi connectivity index (χ2n) is 6.41. The third-order valence-electron chi connectivity index (χ3n) is 5.24. The van der Waals surface area contributed by atoms with E-state index in [1.165, 1.54) is 57.8 Å². The van der Waals surface area contributed by atoms with Gasteiger partial charge in [-0.2, -0.15) is 0 Å². The van der Waals surface area contributed by atoms with Crippen molar-refractivity contribution in [3.8, 4) is 0 Å². The van der Waals surface area contributed by atoms with Crippen molar-refractivity contribution in [1.29, 1.82) is 0 Å². The summed E-state index contributed by atoms with van der Waals surface area (Å²) in [6.07, 6.45) is 13.9. The average Bonchev–Trinajstić information content (AvgIpc) is 2.46. The van der Waals surface area contributed by atoms with Gasteiger partial charge in [0.25, 0.3) is 0 Å². The van der Waals surface area contributed by atoms with Crippen molar-refractivity contribution >= 4 is 0 Å². The molecule has 18 heavy (non-hydrogen) atoms. The molecule has 0 aromatic carbocycles. The Morgan fingerprint density at radius 3 is 2.33 bits per heavy atom. The van der Waals surface area contributed by atoms with Gasteiger partial charge in [-0.05, 0) is 31.1 Å². The lowest BCUT2D eigenvalue weighted by Gasteiger charge is -2.40. The Bertz CT molecular complexity index is 221. The molecule has 0 aromatic rings. The van der Waals surface area contributed by atoms with Gasteiger partial charge in [0.1, 0.15) is 0 Å². The minimum atomic E-state index is 0.296. The average molecular weight is 253 g/mol. The fourth-order valence-electron chi connectivity index (χ4n) is 4.10. The molecule has 0 radical (unpaired) electrons. The summed E-state index contributed by atoms with van der Waals surface area (Å²) in [5.74, 6) is 1.85. The summed E-state index contributed by atoms with van der Waals surface area (Å²) in [4.78, 5) is 0. The highest BCUT2D eigenvalue weighted by atomic mass is 16.3. The van der Waals surface area contributed by atoms with Crippen LogP contribution in [-0.2, 0) is 0 Å². The van der Waals surface area contributed by atoms with Gasteiger partial charge >= 0.3 is 0 Å². The van der Waals surface area contributed by atoms with E-state index in [0.717, 1.165) is 18.3 Å². The first-order valence-electron chi connectivity index (χ1n) is 8.22. The number of rotatable bonds is 5. The van der Waals surface area contributed by atoms with Crippen LogP contribution in [0, 0.1) is 11.8 Å². The highest BCUT2D eigenvalue weighted by molar-refractivity contribution is 4.88. The van der Waals surface area contributed by atoms with Crippen LogP contribution >= 0.6 is 0 Å². The Hall–Kier alpha value is -0.0800. The Labute approximate surface area is 113 Å². The molecule has 0 spiro atoms. The van der Waals surface area contributed by atoms with E-state index < -0.39 is 0 Å². The number of hydrogen-bond donors (Lipinski definition) is 2. The quantitative estimate of drug-likeness (QED) is 0.786. The predicted molar refractivity (Wildman–Crippen MR) is 76.6 cm³/mol. The first-order valence-corrected chi connectivity index (χ1v) is 8.22. The lowest BCUT2D eigenvalue weighted by Crippen LogP contribution is -2.48. The third kappa shape index (κ3) is 3.71. The normalized spacial score (nSPS) is 32.3. The van der Waals surface area contributed by atoms with Crippen LogP contribution in [0.2, 0.25) is 0 Å². The zero-order valence-electron chi connectivity index (χ0n) is 12.0. The van der Waals surface area contributed by atoms with Gasteiger partial charge in [-0.1, -0.05) is 51.9 Å². The highest BCUT2D eigenvalue weighted by Crippen LogP contribution is 2.38. The van der Waals surface area contributed by atoms with E-state index in [9.17, 15) is 5.11 Å². The molecule has 2 fully saturated rings. The minimum absolute atomic E-state index is 0.296. The van der Waals surface area contributed by atoms with Gasteiger partial charge in [-0.15, -0.1) is 0 Å². The Balaban J connectivity index is 1.91. The maximum atomic E-state index is 9.39. The first-order chi connectivity index (χ1) is 8.85. The van der Waals surface area contributed by atoms with E-state index in [-0.39, 0.29) is 0 Å². The van der Waals surface area contributed by atoms with E-state index >= 15 is 0 Å². The standard InChI is InChI=1S/C16H31NO/c1-2-14(12-18)17-16-11-7-6-10-15(16)13-8-4-3-5-9-13/h13-18H,2-12H2,1H3. The molecular weight excluding hydrogens is 222 g/mol. The van der Waals surface area contributed by atoms with Crippen molar-refractivity contribution in [2.75, 3.05) is 6.61 Å². The monoisotopic (exact) mass is 253 g/mol. The first kappa shape index (κ1) is 14.3. The fraction of sp³-hybridized carbons (Fsp3) is 1.00. The predicted octanol–water partition coefficient (Wildman–Crippen LogP) is 3.49. The van der Waals surface area contributed by atoms with Crippen LogP contribution in [0.25, 0.3) is 0 Å². The Kier molecular flexibility index (Phi) is 5.97. The maximum Gasteiger partial charge on any atom is 0.0584 e.